The van der Waals surface area contributed by atoms with Crippen LogP contribution in [0, 0.1) is 5.92 Å². The van der Waals surface area contributed by atoms with Gasteiger partial charge in [0.15, 0.2) is 0 Å². The molecule has 0 radical (unpaired) electrons. The molecule has 2 rings (SSSR count). The summed E-state index contributed by atoms with van der Waals surface area (Å²) in [5.41, 5.74) is 2.26. The van der Waals surface area contributed by atoms with Crippen molar-refractivity contribution in [2.45, 2.75) is 65.1 Å². The van der Waals surface area contributed by atoms with E-state index in [2.05, 4.69) is 42.9 Å². The van der Waals surface area contributed by atoms with Gasteiger partial charge in [-0.15, -0.1) is 11.3 Å². The second-order valence-corrected chi connectivity index (χ2v) is 7.46. The van der Waals surface area contributed by atoms with Crippen molar-refractivity contribution >= 4 is 11.3 Å². The Hall–Kier alpha value is -0.450. The molecule has 3 nitrogen and oxygen atoms in total. The highest BCUT2D eigenvalue weighted by molar-refractivity contribution is 7.09. The summed E-state index contributed by atoms with van der Waals surface area (Å²) in [6, 6.07) is 0.633. The van der Waals surface area contributed by atoms with E-state index in [1.54, 1.807) is 11.3 Å². The van der Waals surface area contributed by atoms with Crippen LogP contribution in [0.4, 0.5) is 0 Å². The Kier molecular flexibility index (Phi) is 5.58. The third-order valence-corrected chi connectivity index (χ3v) is 5.50. The van der Waals surface area contributed by atoms with Crippen molar-refractivity contribution in [2.24, 2.45) is 5.92 Å². The van der Waals surface area contributed by atoms with Gasteiger partial charge in [-0.25, -0.2) is 0 Å². The normalized spacial score (nSPS) is 23.4. The van der Waals surface area contributed by atoms with Crippen molar-refractivity contribution in [1.29, 1.82) is 0 Å². The number of hydrogen-bond donors (Lipinski definition) is 1. The third-order valence-electron chi connectivity index (χ3n) is 4.73. The number of rotatable bonds is 6. The molecule has 1 aliphatic rings. The van der Waals surface area contributed by atoms with Gasteiger partial charge in [0.05, 0.1) is 5.51 Å². The fourth-order valence-corrected chi connectivity index (χ4v) is 3.99. The molecule has 20 heavy (non-hydrogen) atoms. The summed E-state index contributed by atoms with van der Waals surface area (Å²) in [6.45, 7) is 12.6. The van der Waals surface area contributed by atoms with Crippen molar-refractivity contribution in [1.82, 2.24) is 15.2 Å². The predicted molar refractivity (Wildman–Crippen MR) is 87.1 cm³/mol. The first-order valence-corrected chi connectivity index (χ1v) is 8.83. The molecule has 1 aromatic heterocycles. The zero-order chi connectivity index (χ0) is 14.6. The van der Waals surface area contributed by atoms with Crippen LogP contribution in [0.5, 0.6) is 0 Å². The molecule has 0 spiro atoms. The Morgan fingerprint density at radius 3 is 2.75 bits per heavy atom. The maximum atomic E-state index is 4.23. The molecule has 0 aliphatic carbocycles. The van der Waals surface area contributed by atoms with Gasteiger partial charge in [0.2, 0.25) is 0 Å². The summed E-state index contributed by atoms with van der Waals surface area (Å²) in [7, 11) is 0. The minimum Gasteiger partial charge on any atom is -0.311 e. The van der Waals surface area contributed by atoms with Crippen LogP contribution in [-0.4, -0.2) is 34.6 Å². The quantitative estimate of drug-likeness (QED) is 0.870. The van der Waals surface area contributed by atoms with E-state index < -0.39 is 0 Å². The smallest absolute Gasteiger partial charge is 0.0794 e. The highest BCUT2D eigenvalue weighted by Gasteiger charge is 2.38. The van der Waals surface area contributed by atoms with Gasteiger partial charge in [0.25, 0.3) is 0 Å². The second kappa shape index (κ2) is 7.01. The molecule has 1 saturated heterocycles. The van der Waals surface area contributed by atoms with Gasteiger partial charge in [0.1, 0.15) is 0 Å². The summed E-state index contributed by atoms with van der Waals surface area (Å²) in [6.07, 6.45) is 5.72. The summed E-state index contributed by atoms with van der Waals surface area (Å²) in [5, 5.41) is 3.80. The summed E-state index contributed by atoms with van der Waals surface area (Å²) >= 11 is 1.78. The molecule has 1 atom stereocenters. The minimum absolute atomic E-state index is 0.317. The van der Waals surface area contributed by atoms with E-state index in [4.69, 9.17) is 0 Å². The van der Waals surface area contributed by atoms with E-state index in [-0.39, 0.29) is 0 Å². The van der Waals surface area contributed by atoms with Crippen molar-refractivity contribution in [3.63, 3.8) is 0 Å². The average molecular weight is 295 g/mol. The van der Waals surface area contributed by atoms with Crippen molar-refractivity contribution in [3.05, 3.63) is 16.6 Å². The first-order valence-electron chi connectivity index (χ1n) is 7.95. The largest absolute Gasteiger partial charge is 0.311 e. The minimum atomic E-state index is 0.317. The number of thiazole rings is 1. The molecule has 1 N–H and O–H groups in total. The molecular formula is C16H29N3S. The number of nitrogens with one attached hydrogen (secondary N) is 1. The maximum Gasteiger partial charge on any atom is 0.0794 e. The van der Waals surface area contributed by atoms with Crippen LogP contribution in [0.3, 0.4) is 0 Å². The monoisotopic (exact) mass is 295 g/mol. The highest BCUT2D eigenvalue weighted by atomic mass is 32.1. The van der Waals surface area contributed by atoms with E-state index in [0.29, 0.717) is 11.6 Å². The second-order valence-electron chi connectivity index (χ2n) is 6.49. The zero-order valence-electron chi connectivity index (χ0n) is 13.4. The van der Waals surface area contributed by atoms with Crippen molar-refractivity contribution < 1.29 is 0 Å². The lowest BCUT2D eigenvalue weighted by Crippen LogP contribution is -2.63. The highest BCUT2D eigenvalue weighted by Crippen LogP contribution is 2.30. The van der Waals surface area contributed by atoms with Crippen LogP contribution < -0.4 is 5.32 Å². The van der Waals surface area contributed by atoms with E-state index in [9.17, 15) is 0 Å². The molecule has 0 aromatic carbocycles. The lowest BCUT2D eigenvalue weighted by Gasteiger charge is -2.50. The Bertz CT molecular complexity index is 384. The molecule has 0 saturated carbocycles. The molecule has 0 bridgehead atoms. The Morgan fingerprint density at radius 2 is 2.20 bits per heavy atom. The molecular weight excluding hydrogens is 266 g/mol. The fourth-order valence-electron chi connectivity index (χ4n) is 3.39. The van der Waals surface area contributed by atoms with E-state index in [1.807, 2.05) is 11.7 Å². The SMILES string of the molecule is CCC1(CC)CNC(CC(C)C)CN1Cc1cncs1. The van der Waals surface area contributed by atoms with Crippen LogP contribution >= 0.6 is 11.3 Å². The molecule has 4 heteroatoms. The van der Waals surface area contributed by atoms with Gasteiger partial charge in [-0.1, -0.05) is 27.7 Å². The topological polar surface area (TPSA) is 28.2 Å². The standard InChI is InChI=1S/C16H29N3S/c1-5-16(6-2)11-18-14(7-13(3)4)9-19(16)10-15-8-17-12-20-15/h8,12-14,18H,5-7,9-11H2,1-4H3. The van der Waals surface area contributed by atoms with Crippen LogP contribution in [0.2, 0.25) is 0 Å². The number of hydrogen-bond acceptors (Lipinski definition) is 4. The zero-order valence-corrected chi connectivity index (χ0v) is 14.2. The van der Waals surface area contributed by atoms with Crippen LogP contribution in [-0.2, 0) is 6.54 Å². The van der Waals surface area contributed by atoms with Gasteiger partial charge >= 0.3 is 0 Å². The van der Waals surface area contributed by atoms with Crippen LogP contribution in [0.15, 0.2) is 11.7 Å². The molecule has 1 unspecified atom stereocenters. The van der Waals surface area contributed by atoms with Gasteiger partial charge in [0, 0.05) is 42.3 Å². The summed E-state index contributed by atoms with van der Waals surface area (Å²) in [4.78, 5) is 8.33. The summed E-state index contributed by atoms with van der Waals surface area (Å²) in [5.74, 6) is 0.758. The van der Waals surface area contributed by atoms with Gasteiger partial charge in [-0.05, 0) is 25.2 Å². The van der Waals surface area contributed by atoms with Crippen LogP contribution in [0.1, 0.15) is 51.8 Å². The Labute approximate surface area is 127 Å². The van der Waals surface area contributed by atoms with Crippen LogP contribution in [0.25, 0.3) is 0 Å². The predicted octanol–water partition coefficient (Wildman–Crippen LogP) is 3.52. The first-order chi connectivity index (χ1) is 9.59. The number of nitrogens with zero attached hydrogens (tertiary/aromatic N) is 2. The Balaban J connectivity index is 2.10. The van der Waals surface area contributed by atoms with E-state index >= 15 is 0 Å². The molecule has 2 heterocycles. The molecule has 114 valence electrons. The summed E-state index contributed by atoms with van der Waals surface area (Å²) < 4.78 is 0. The lowest BCUT2D eigenvalue weighted by molar-refractivity contribution is 0.0214. The Morgan fingerprint density at radius 1 is 1.45 bits per heavy atom. The lowest BCUT2D eigenvalue weighted by atomic mass is 9.86. The van der Waals surface area contributed by atoms with E-state index in [1.165, 1.54) is 24.1 Å². The van der Waals surface area contributed by atoms with Crippen molar-refractivity contribution in [3.8, 4) is 0 Å². The maximum absolute atomic E-state index is 4.23. The molecule has 0 amide bonds. The van der Waals surface area contributed by atoms with Gasteiger partial charge in [-0.2, -0.15) is 0 Å². The first kappa shape index (κ1) is 15.9. The fraction of sp³-hybridized carbons (Fsp3) is 0.812. The average Bonchev–Trinajstić information content (AvgIpc) is 2.92. The van der Waals surface area contributed by atoms with Gasteiger partial charge in [-0.3, -0.25) is 9.88 Å². The third kappa shape index (κ3) is 3.60. The van der Waals surface area contributed by atoms with E-state index in [0.717, 1.165) is 25.6 Å². The van der Waals surface area contributed by atoms with Crippen molar-refractivity contribution in [2.75, 3.05) is 13.1 Å². The molecule has 1 fully saturated rings. The molecule has 1 aromatic rings. The number of aromatic nitrogens is 1. The van der Waals surface area contributed by atoms with Gasteiger partial charge < -0.3 is 5.32 Å². The number of piperazine rings is 1. The molecule has 1 aliphatic heterocycles.